The summed E-state index contributed by atoms with van der Waals surface area (Å²) < 4.78 is 1.70. The van der Waals surface area contributed by atoms with Gasteiger partial charge in [-0.05, 0) is 30.7 Å². The fraction of sp³-hybridized carbons (Fsp3) is 0.250. The predicted molar refractivity (Wildman–Crippen MR) is 137 cm³/mol. The number of aromatic nitrogens is 5. The number of thiazole rings is 1. The van der Waals surface area contributed by atoms with Crippen molar-refractivity contribution in [2.24, 2.45) is 0 Å². The maximum Gasteiger partial charge on any atom is 0.255 e. The van der Waals surface area contributed by atoms with Gasteiger partial charge < -0.3 is 31.9 Å². The van der Waals surface area contributed by atoms with Crippen molar-refractivity contribution in [1.82, 2.24) is 34.9 Å². The van der Waals surface area contributed by atoms with Crippen molar-refractivity contribution in [3.8, 4) is 5.69 Å². The molecule has 2 amide bonds. The SMILES string of the molecule is C[C@@H](NC(=O)[C@H](O)[C@@H](O)C(=O)N1Cc2nc(N)ncc2C1c1csc(N)n1)c1ccc(-n2cccn2)cc1. The van der Waals surface area contributed by atoms with E-state index in [2.05, 4.69) is 25.4 Å². The molecule has 0 aliphatic carbocycles. The number of hydrogen-bond acceptors (Lipinski definition) is 11. The summed E-state index contributed by atoms with van der Waals surface area (Å²) in [6.07, 6.45) is 0.906. The molecule has 4 atom stereocenters. The lowest BCUT2D eigenvalue weighted by Crippen LogP contribution is -2.50. The third-order valence-electron chi connectivity index (χ3n) is 6.29. The molecule has 0 spiro atoms. The molecule has 0 saturated carbocycles. The number of hydrogen-bond donors (Lipinski definition) is 5. The summed E-state index contributed by atoms with van der Waals surface area (Å²) in [5.41, 5.74) is 14.6. The van der Waals surface area contributed by atoms with Crippen LogP contribution in [0.15, 0.2) is 54.3 Å². The fourth-order valence-corrected chi connectivity index (χ4v) is 4.92. The molecule has 4 aromatic rings. The predicted octanol–water partition coefficient (Wildman–Crippen LogP) is 0.314. The Kier molecular flexibility index (Phi) is 6.75. The first kappa shape index (κ1) is 25.3. The number of nitrogens with two attached hydrogens (primary N) is 2. The Morgan fingerprint density at radius 1 is 1.16 bits per heavy atom. The molecule has 1 aliphatic heterocycles. The number of nitrogens with one attached hydrogen (secondary N) is 1. The van der Waals surface area contributed by atoms with Crippen LogP contribution in [0.4, 0.5) is 11.1 Å². The monoisotopic (exact) mass is 535 g/mol. The molecule has 1 aromatic carbocycles. The second-order valence-corrected chi connectivity index (χ2v) is 9.66. The highest BCUT2D eigenvalue weighted by atomic mass is 32.1. The highest BCUT2D eigenvalue weighted by Crippen LogP contribution is 2.38. The standard InChI is InChI=1S/C24H25N9O4S/c1-12(13-3-5-14(6-4-13)33-8-2-7-28-33)29-21(36)19(34)20(35)22(37)32-10-16-15(9-27-23(25)30-16)18(32)17-11-38-24(26)31-17/h2-9,11-12,18-20,34-35H,10H2,1H3,(H2,26,31)(H,29,36)(H2,25,27,30)/t12-,18?,19-,20-/m1/s1. The van der Waals surface area contributed by atoms with Gasteiger partial charge in [0.05, 0.1) is 29.7 Å². The molecule has 0 bridgehead atoms. The zero-order chi connectivity index (χ0) is 27.0. The molecular weight excluding hydrogens is 510 g/mol. The van der Waals surface area contributed by atoms with Crippen molar-refractivity contribution in [3.05, 3.63) is 76.8 Å². The summed E-state index contributed by atoms with van der Waals surface area (Å²) in [5, 5.41) is 30.1. The van der Waals surface area contributed by atoms with E-state index in [0.29, 0.717) is 22.1 Å². The molecule has 4 heterocycles. The number of anilines is 2. The number of rotatable bonds is 7. The van der Waals surface area contributed by atoms with Crippen LogP contribution < -0.4 is 16.8 Å². The summed E-state index contributed by atoms with van der Waals surface area (Å²) >= 11 is 1.19. The number of amides is 2. The Bertz CT molecular complexity index is 1460. The quantitative estimate of drug-likeness (QED) is 0.219. The average Bonchev–Trinajstić information content (AvgIpc) is 3.67. The summed E-state index contributed by atoms with van der Waals surface area (Å²) in [4.78, 5) is 39.9. The largest absolute Gasteiger partial charge is 0.380 e. The van der Waals surface area contributed by atoms with Gasteiger partial charge >= 0.3 is 0 Å². The van der Waals surface area contributed by atoms with E-state index in [0.717, 1.165) is 11.3 Å². The topological polar surface area (TPSA) is 198 Å². The van der Waals surface area contributed by atoms with Gasteiger partial charge in [0.25, 0.3) is 11.8 Å². The van der Waals surface area contributed by atoms with E-state index in [1.54, 1.807) is 23.2 Å². The van der Waals surface area contributed by atoms with Gasteiger partial charge in [-0.25, -0.2) is 19.6 Å². The Labute approximate surface area is 220 Å². The summed E-state index contributed by atoms with van der Waals surface area (Å²) in [6.45, 7) is 1.71. The first-order valence-corrected chi connectivity index (χ1v) is 12.5. The van der Waals surface area contributed by atoms with Gasteiger partial charge in [0.2, 0.25) is 5.95 Å². The van der Waals surface area contributed by atoms with Gasteiger partial charge in [-0.3, -0.25) is 9.59 Å². The van der Waals surface area contributed by atoms with Gasteiger partial charge in [-0.15, -0.1) is 11.3 Å². The van der Waals surface area contributed by atoms with Crippen LogP contribution in [0.2, 0.25) is 0 Å². The van der Waals surface area contributed by atoms with E-state index in [9.17, 15) is 19.8 Å². The Morgan fingerprint density at radius 2 is 1.92 bits per heavy atom. The molecule has 3 aromatic heterocycles. The summed E-state index contributed by atoms with van der Waals surface area (Å²) in [7, 11) is 0. The van der Waals surface area contributed by atoms with E-state index in [1.807, 2.05) is 36.5 Å². The van der Waals surface area contributed by atoms with E-state index in [1.165, 1.54) is 22.4 Å². The minimum absolute atomic E-state index is 0.0204. The second-order valence-electron chi connectivity index (χ2n) is 8.77. The van der Waals surface area contributed by atoms with E-state index >= 15 is 0 Å². The minimum atomic E-state index is -2.04. The summed E-state index contributed by atoms with van der Waals surface area (Å²) in [6, 6.07) is 7.85. The van der Waals surface area contributed by atoms with Crippen LogP contribution in [-0.2, 0) is 16.1 Å². The highest BCUT2D eigenvalue weighted by Gasteiger charge is 2.42. The molecule has 1 unspecified atom stereocenters. The lowest BCUT2D eigenvalue weighted by molar-refractivity contribution is -0.154. The van der Waals surface area contributed by atoms with Crippen LogP contribution in [0, 0.1) is 0 Å². The number of carbonyl (C=O) groups excluding carboxylic acids is 2. The maximum atomic E-state index is 13.3. The average molecular weight is 536 g/mol. The Balaban J connectivity index is 1.29. The van der Waals surface area contributed by atoms with Crippen molar-refractivity contribution < 1.29 is 19.8 Å². The fourth-order valence-electron chi connectivity index (χ4n) is 4.34. The molecule has 14 heteroatoms. The number of nitrogens with zero attached hydrogens (tertiary/aromatic N) is 6. The molecule has 1 aliphatic rings. The highest BCUT2D eigenvalue weighted by molar-refractivity contribution is 7.13. The molecule has 5 rings (SSSR count). The van der Waals surface area contributed by atoms with E-state index in [-0.39, 0.29) is 12.5 Å². The van der Waals surface area contributed by atoms with Crippen LogP contribution in [-0.4, -0.2) is 63.9 Å². The minimum Gasteiger partial charge on any atom is -0.380 e. The third-order valence-corrected chi connectivity index (χ3v) is 6.98. The van der Waals surface area contributed by atoms with Crippen molar-refractivity contribution in [1.29, 1.82) is 0 Å². The maximum absolute atomic E-state index is 13.3. The zero-order valence-electron chi connectivity index (χ0n) is 20.2. The van der Waals surface area contributed by atoms with Crippen LogP contribution >= 0.6 is 11.3 Å². The lowest BCUT2D eigenvalue weighted by atomic mass is 10.1. The van der Waals surface area contributed by atoms with Gasteiger partial charge in [-0.2, -0.15) is 5.10 Å². The first-order chi connectivity index (χ1) is 18.2. The zero-order valence-corrected chi connectivity index (χ0v) is 21.0. The van der Waals surface area contributed by atoms with Crippen LogP contribution in [0.3, 0.4) is 0 Å². The Morgan fingerprint density at radius 3 is 2.58 bits per heavy atom. The molecular formula is C24H25N9O4S. The third kappa shape index (κ3) is 4.79. The number of benzene rings is 1. The molecule has 0 saturated heterocycles. The molecule has 7 N–H and O–H groups in total. The normalized spacial score (nSPS) is 17.0. The van der Waals surface area contributed by atoms with Crippen molar-refractivity contribution in [2.75, 3.05) is 11.5 Å². The Hall–Kier alpha value is -4.40. The van der Waals surface area contributed by atoms with Crippen LogP contribution in [0.1, 0.15) is 41.5 Å². The van der Waals surface area contributed by atoms with E-state index < -0.39 is 36.1 Å². The molecule has 0 radical (unpaired) electrons. The molecule has 13 nitrogen and oxygen atoms in total. The van der Waals surface area contributed by atoms with Crippen molar-refractivity contribution in [2.45, 2.75) is 37.8 Å². The van der Waals surface area contributed by atoms with Gasteiger partial charge in [0.15, 0.2) is 17.3 Å². The van der Waals surface area contributed by atoms with Gasteiger partial charge in [0, 0.05) is 29.5 Å². The number of fused-ring (bicyclic) bond motifs is 1. The number of aliphatic hydroxyl groups excluding tert-OH is 2. The van der Waals surface area contributed by atoms with Crippen LogP contribution in [0.25, 0.3) is 5.69 Å². The molecule has 38 heavy (non-hydrogen) atoms. The van der Waals surface area contributed by atoms with Gasteiger partial charge in [-0.1, -0.05) is 12.1 Å². The lowest BCUT2D eigenvalue weighted by Gasteiger charge is -2.28. The number of aliphatic hydroxyl groups is 2. The van der Waals surface area contributed by atoms with E-state index in [4.69, 9.17) is 11.5 Å². The molecule has 196 valence electrons. The molecule has 0 fully saturated rings. The second kappa shape index (κ2) is 10.2. The first-order valence-electron chi connectivity index (χ1n) is 11.6. The van der Waals surface area contributed by atoms with Crippen molar-refractivity contribution >= 4 is 34.2 Å². The number of nitrogen functional groups attached to an aromatic ring is 2. The number of carbonyl (C=O) groups is 2. The summed E-state index contributed by atoms with van der Waals surface area (Å²) in [5.74, 6) is -1.75. The smallest absolute Gasteiger partial charge is 0.255 e. The van der Waals surface area contributed by atoms with Gasteiger partial charge in [0.1, 0.15) is 6.04 Å². The van der Waals surface area contributed by atoms with Crippen LogP contribution in [0.5, 0.6) is 0 Å². The van der Waals surface area contributed by atoms with Crippen molar-refractivity contribution in [3.63, 3.8) is 0 Å².